The van der Waals surface area contributed by atoms with Crippen LogP contribution in [0, 0.1) is 13.8 Å². The molecule has 6 aromatic rings. The number of aryl methyl sites for hydroxylation is 2. The highest BCUT2D eigenvalue weighted by Gasteiger charge is 2.33. The summed E-state index contributed by atoms with van der Waals surface area (Å²) >= 11 is 0. The van der Waals surface area contributed by atoms with Gasteiger partial charge in [-0.1, -0.05) is 30.3 Å². The summed E-state index contributed by atoms with van der Waals surface area (Å²) in [5, 5.41) is 10.1. The minimum absolute atomic E-state index is 0. The van der Waals surface area contributed by atoms with Crippen LogP contribution in [0.5, 0.6) is 17.2 Å². The molecule has 2 aliphatic rings. The van der Waals surface area contributed by atoms with E-state index in [-0.39, 0.29) is 42.8 Å². The molecule has 0 radical (unpaired) electrons. The second kappa shape index (κ2) is 12.9. The lowest BCUT2D eigenvalue weighted by Gasteiger charge is -2.35. The molecule has 252 valence electrons. The van der Waals surface area contributed by atoms with E-state index in [2.05, 4.69) is 24.0 Å². The Kier molecular flexibility index (Phi) is 8.45. The van der Waals surface area contributed by atoms with E-state index in [1.165, 1.54) is 5.56 Å². The maximum absolute atomic E-state index is 14.8. The third-order valence-corrected chi connectivity index (χ3v) is 9.33. The van der Waals surface area contributed by atoms with Gasteiger partial charge in [0.2, 0.25) is 6.79 Å². The predicted molar refractivity (Wildman–Crippen MR) is 194 cm³/mol. The largest absolute Gasteiger partial charge is 0.508 e. The Morgan fingerprint density at radius 1 is 0.820 bits per heavy atom. The number of hydrogen-bond acceptors (Lipinski definition) is 6. The van der Waals surface area contributed by atoms with E-state index in [1.807, 2.05) is 83.9 Å². The lowest BCUT2D eigenvalue weighted by atomic mass is 9.93. The molecule has 0 spiro atoms. The molecule has 0 unspecified atom stereocenters. The standard InChI is InChI=1S/C40H34N4O5.ClH/c1-24-16-30(17-25(2)41-24)44(29-11-13-31(45)14-12-29)40(47)34-19-36(42-15-7-6-10-35(34)42)32-20-37-38(49-23-48-37)21-33(32)39(46)43-22-28-9-5-4-8-27(28)18-26(43)3;/h4-17,19-21,26,45H,18,22-23H2,1-3H3;1H/t26-;/m1./s1. The fourth-order valence-electron chi connectivity index (χ4n) is 7.02. The summed E-state index contributed by atoms with van der Waals surface area (Å²) in [7, 11) is 0. The fraction of sp³-hybridized carbons (Fsp3) is 0.175. The monoisotopic (exact) mass is 686 g/mol. The summed E-state index contributed by atoms with van der Waals surface area (Å²) in [4.78, 5) is 37.5. The summed E-state index contributed by atoms with van der Waals surface area (Å²) in [6.07, 6.45) is 2.65. The molecule has 9 nitrogen and oxygen atoms in total. The van der Waals surface area contributed by atoms with E-state index in [1.54, 1.807) is 35.2 Å². The van der Waals surface area contributed by atoms with Crippen LogP contribution < -0.4 is 14.4 Å². The van der Waals surface area contributed by atoms with Gasteiger partial charge in [0.05, 0.1) is 28.0 Å². The van der Waals surface area contributed by atoms with Gasteiger partial charge in [-0.05, 0) is 105 Å². The van der Waals surface area contributed by atoms with Gasteiger partial charge in [0.1, 0.15) is 5.75 Å². The van der Waals surface area contributed by atoms with Crippen molar-refractivity contribution in [2.45, 2.75) is 39.8 Å². The van der Waals surface area contributed by atoms with Crippen molar-refractivity contribution < 1.29 is 24.2 Å². The zero-order chi connectivity index (χ0) is 33.8. The normalized spacial score (nSPS) is 14.6. The number of amides is 2. The molecule has 3 aromatic heterocycles. The SMILES string of the molecule is Cc1cc(N(C(=O)c2cc(-c3cc4c(cc3C(=O)N3Cc5ccccc5C[C@H]3C)OCO4)n3ccccc23)c2ccc(O)cc2)cc(C)n1.Cl. The number of benzene rings is 3. The first-order valence-corrected chi connectivity index (χ1v) is 16.3. The highest BCUT2D eigenvalue weighted by molar-refractivity contribution is 6.16. The molecule has 1 N–H and O–H groups in total. The molecule has 5 heterocycles. The number of anilines is 2. The Labute approximate surface area is 295 Å². The van der Waals surface area contributed by atoms with Crippen molar-refractivity contribution >= 4 is 41.1 Å². The number of aromatic hydroxyl groups is 1. The molecule has 2 amide bonds. The maximum atomic E-state index is 14.8. The topological polar surface area (TPSA) is 96.6 Å². The van der Waals surface area contributed by atoms with Gasteiger partial charge >= 0.3 is 0 Å². The van der Waals surface area contributed by atoms with Gasteiger partial charge in [0.25, 0.3) is 11.8 Å². The third-order valence-electron chi connectivity index (χ3n) is 9.33. The van der Waals surface area contributed by atoms with Gasteiger partial charge in [-0.25, -0.2) is 0 Å². The number of pyridine rings is 2. The molecule has 0 saturated heterocycles. The van der Waals surface area contributed by atoms with Gasteiger partial charge in [-0.15, -0.1) is 12.4 Å². The molecule has 10 heteroatoms. The number of hydrogen-bond donors (Lipinski definition) is 1. The van der Waals surface area contributed by atoms with Crippen LogP contribution >= 0.6 is 12.4 Å². The maximum Gasteiger partial charge on any atom is 0.265 e. The Balaban J connectivity index is 0.00000392. The summed E-state index contributed by atoms with van der Waals surface area (Å²) in [5.74, 6) is 0.747. The molecular formula is C40H35ClN4O5. The number of ether oxygens (including phenoxy) is 2. The van der Waals surface area contributed by atoms with Crippen molar-refractivity contribution in [3.05, 3.63) is 137 Å². The van der Waals surface area contributed by atoms with Crippen LogP contribution in [0.2, 0.25) is 0 Å². The second-order valence-electron chi connectivity index (χ2n) is 12.7. The van der Waals surface area contributed by atoms with Crippen molar-refractivity contribution in [2.24, 2.45) is 0 Å². The third kappa shape index (κ3) is 5.69. The van der Waals surface area contributed by atoms with Crippen LogP contribution in [0.3, 0.4) is 0 Å². The molecule has 0 bridgehead atoms. The van der Waals surface area contributed by atoms with Crippen molar-refractivity contribution in [1.29, 1.82) is 0 Å². The van der Waals surface area contributed by atoms with E-state index in [0.717, 1.165) is 23.4 Å². The Bertz CT molecular complexity index is 2260. The summed E-state index contributed by atoms with van der Waals surface area (Å²) in [5.41, 5.74) is 8.03. The zero-order valence-corrected chi connectivity index (χ0v) is 28.6. The molecule has 2 aliphatic heterocycles. The van der Waals surface area contributed by atoms with E-state index in [9.17, 15) is 14.7 Å². The average molecular weight is 687 g/mol. The lowest BCUT2D eigenvalue weighted by molar-refractivity contribution is 0.0658. The molecule has 3 aromatic carbocycles. The van der Waals surface area contributed by atoms with Gasteiger partial charge in [-0.2, -0.15) is 0 Å². The number of aromatic nitrogens is 2. The first-order valence-electron chi connectivity index (χ1n) is 16.3. The average Bonchev–Trinajstić information content (AvgIpc) is 3.72. The van der Waals surface area contributed by atoms with Crippen molar-refractivity contribution in [2.75, 3.05) is 11.7 Å². The van der Waals surface area contributed by atoms with Crippen LogP contribution in [0.1, 0.15) is 50.2 Å². The first-order chi connectivity index (χ1) is 23.7. The predicted octanol–water partition coefficient (Wildman–Crippen LogP) is 8.04. The summed E-state index contributed by atoms with van der Waals surface area (Å²) < 4.78 is 13.5. The Morgan fingerprint density at radius 2 is 1.50 bits per heavy atom. The number of nitrogens with zero attached hydrogens (tertiary/aromatic N) is 4. The van der Waals surface area contributed by atoms with Crippen LogP contribution in [0.15, 0.2) is 103 Å². The van der Waals surface area contributed by atoms with E-state index < -0.39 is 0 Å². The highest BCUT2D eigenvalue weighted by atomic mass is 35.5. The quantitative estimate of drug-likeness (QED) is 0.197. The number of carbonyl (C=O) groups excluding carboxylic acids is 2. The zero-order valence-electron chi connectivity index (χ0n) is 27.8. The van der Waals surface area contributed by atoms with E-state index >= 15 is 0 Å². The Morgan fingerprint density at radius 3 is 2.24 bits per heavy atom. The molecule has 1 atom stereocenters. The van der Waals surface area contributed by atoms with E-state index in [4.69, 9.17) is 9.47 Å². The van der Waals surface area contributed by atoms with E-state index in [0.29, 0.717) is 57.3 Å². The van der Waals surface area contributed by atoms with Crippen LogP contribution in [0.4, 0.5) is 11.4 Å². The molecule has 0 saturated carbocycles. The lowest BCUT2D eigenvalue weighted by Crippen LogP contribution is -2.42. The van der Waals surface area contributed by atoms with Gasteiger partial charge < -0.3 is 23.9 Å². The second-order valence-corrected chi connectivity index (χ2v) is 12.7. The first kappa shape index (κ1) is 32.7. The number of carbonyl (C=O) groups is 2. The van der Waals surface area contributed by atoms with Gasteiger partial charge in [0, 0.05) is 41.4 Å². The number of fused-ring (bicyclic) bond motifs is 3. The van der Waals surface area contributed by atoms with Crippen molar-refractivity contribution in [3.8, 4) is 28.5 Å². The smallest absolute Gasteiger partial charge is 0.265 e. The molecule has 0 aliphatic carbocycles. The van der Waals surface area contributed by atoms with Crippen molar-refractivity contribution in [1.82, 2.24) is 14.3 Å². The number of rotatable bonds is 5. The number of halogens is 1. The van der Waals surface area contributed by atoms with Crippen LogP contribution in [-0.4, -0.2) is 44.0 Å². The summed E-state index contributed by atoms with van der Waals surface area (Å²) in [6, 6.07) is 29.6. The Hall–Kier alpha value is -5.80. The molecular weight excluding hydrogens is 652 g/mol. The minimum Gasteiger partial charge on any atom is -0.508 e. The number of phenolic OH excluding ortho intramolecular Hbond substituents is 1. The fourth-order valence-corrected chi connectivity index (χ4v) is 7.02. The van der Waals surface area contributed by atoms with Gasteiger partial charge in [0.15, 0.2) is 11.5 Å². The number of phenols is 1. The molecule has 50 heavy (non-hydrogen) atoms. The summed E-state index contributed by atoms with van der Waals surface area (Å²) in [6.45, 7) is 6.41. The van der Waals surface area contributed by atoms with Gasteiger partial charge in [-0.3, -0.25) is 19.5 Å². The van der Waals surface area contributed by atoms with Crippen LogP contribution in [0.25, 0.3) is 16.8 Å². The minimum atomic E-state index is -0.277. The molecule has 0 fully saturated rings. The van der Waals surface area contributed by atoms with Crippen molar-refractivity contribution in [3.63, 3.8) is 0 Å². The highest BCUT2D eigenvalue weighted by Crippen LogP contribution is 2.42. The van der Waals surface area contributed by atoms with Crippen LogP contribution in [-0.2, 0) is 13.0 Å². The molecule has 8 rings (SSSR count).